The summed E-state index contributed by atoms with van der Waals surface area (Å²) >= 11 is 0. The van der Waals surface area contributed by atoms with E-state index in [1.54, 1.807) is 0 Å². The molecule has 1 amide bonds. The molecule has 160 valence electrons. The Kier molecular flexibility index (Phi) is 5.96. The maximum atomic E-state index is 13.5. The summed E-state index contributed by atoms with van der Waals surface area (Å²) in [5.74, 6) is 0.120. The van der Waals surface area contributed by atoms with Gasteiger partial charge in [-0.2, -0.15) is 0 Å². The molecule has 0 unspecified atom stereocenters. The van der Waals surface area contributed by atoms with Crippen molar-refractivity contribution >= 4 is 16.8 Å². The molecule has 2 fully saturated rings. The molecule has 0 saturated carbocycles. The molecule has 3 aromatic rings. The van der Waals surface area contributed by atoms with Gasteiger partial charge in [-0.05, 0) is 38.1 Å². The summed E-state index contributed by atoms with van der Waals surface area (Å²) in [4.78, 5) is 25.4. The summed E-state index contributed by atoms with van der Waals surface area (Å²) in [6.45, 7) is 8.24. The van der Waals surface area contributed by atoms with Crippen LogP contribution in [0.3, 0.4) is 0 Å². The number of pyridine rings is 1. The van der Waals surface area contributed by atoms with Gasteiger partial charge in [-0.3, -0.25) is 9.69 Å². The Bertz CT molecular complexity index is 1040. The van der Waals surface area contributed by atoms with Gasteiger partial charge in [0.1, 0.15) is 0 Å². The normalized spacial score (nSPS) is 18.0. The van der Waals surface area contributed by atoms with Crippen molar-refractivity contribution in [2.75, 3.05) is 52.4 Å². The van der Waals surface area contributed by atoms with Crippen molar-refractivity contribution in [2.24, 2.45) is 0 Å². The Labute approximate surface area is 184 Å². The SMILES string of the molecule is O=C(c1cc(-c2ccccc2)nc2ccccc12)N1CCN(CCN2CCCC2)CC1. The van der Waals surface area contributed by atoms with Gasteiger partial charge in [0.2, 0.25) is 0 Å². The lowest BCUT2D eigenvalue weighted by Gasteiger charge is -2.35. The first kappa shape index (κ1) is 20.2. The number of piperazine rings is 1. The van der Waals surface area contributed by atoms with Gasteiger partial charge in [0.25, 0.3) is 5.91 Å². The molecule has 0 radical (unpaired) electrons. The van der Waals surface area contributed by atoms with E-state index < -0.39 is 0 Å². The maximum Gasteiger partial charge on any atom is 0.254 e. The first-order valence-corrected chi connectivity index (χ1v) is 11.5. The predicted molar refractivity (Wildman–Crippen MR) is 125 cm³/mol. The van der Waals surface area contributed by atoms with Gasteiger partial charge in [-0.25, -0.2) is 4.98 Å². The molecule has 2 saturated heterocycles. The molecule has 3 heterocycles. The van der Waals surface area contributed by atoms with Crippen LogP contribution in [0, 0.1) is 0 Å². The molecule has 0 atom stereocenters. The van der Waals surface area contributed by atoms with Crippen molar-refractivity contribution in [1.29, 1.82) is 0 Å². The molecular formula is C26H30N4O. The van der Waals surface area contributed by atoms with Gasteiger partial charge in [0, 0.05) is 50.2 Å². The summed E-state index contributed by atoms with van der Waals surface area (Å²) in [5, 5.41) is 0.934. The van der Waals surface area contributed by atoms with E-state index in [1.165, 1.54) is 25.9 Å². The second-order valence-electron chi connectivity index (χ2n) is 8.62. The lowest BCUT2D eigenvalue weighted by molar-refractivity contribution is 0.0628. The lowest BCUT2D eigenvalue weighted by Crippen LogP contribution is -2.50. The number of likely N-dealkylation sites (tertiary alicyclic amines) is 1. The molecule has 0 N–H and O–H groups in total. The van der Waals surface area contributed by atoms with E-state index in [9.17, 15) is 4.79 Å². The number of hydrogen-bond acceptors (Lipinski definition) is 4. The van der Waals surface area contributed by atoms with Crippen LogP contribution in [0.4, 0.5) is 0 Å². The molecule has 31 heavy (non-hydrogen) atoms. The zero-order valence-corrected chi connectivity index (χ0v) is 18.0. The Morgan fingerprint density at radius 2 is 1.42 bits per heavy atom. The zero-order valence-electron chi connectivity index (χ0n) is 18.0. The van der Waals surface area contributed by atoms with Crippen LogP contribution in [-0.2, 0) is 0 Å². The largest absolute Gasteiger partial charge is 0.336 e. The van der Waals surface area contributed by atoms with E-state index in [-0.39, 0.29) is 5.91 Å². The molecule has 0 bridgehead atoms. The van der Waals surface area contributed by atoms with Gasteiger partial charge in [-0.15, -0.1) is 0 Å². The summed E-state index contributed by atoms with van der Waals surface area (Å²) in [5.41, 5.74) is 3.52. The zero-order chi connectivity index (χ0) is 21.0. The van der Waals surface area contributed by atoms with E-state index in [0.29, 0.717) is 0 Å². The minimum atomic E-state index is 0.120. The number of benzene rings is 2. The number of aromatic nitrogens is 1. The second-order valence-corrected chi connectivity index (χ2v) is 8.62. The average Bonchev–Trinajstić information content (AvgIpc) is 3.36. The van der Waals surface area contributed by atoms with E-state index in [4.69, 9.17) is 4.98 Å². The highest BCUT2D eigenvalue weighted by Crippen LogP contribution is 2.26. The molecule has 1 aromatic heterocycles. The van der Waals surface area contributed by atoms with Crippen molar-refractivity contribution in [3.05, 3.63) is 66.2 Å². The van der Waals surface area contributed by atoms with Gasteiger partial charge >= 0.3 is 0 Å². The van der Waals surface area contributed by atoms with E-state index >= 15 is 0 Å². The maximum absolute atomic E-state index is 13.5. The van der Waals surface area contributed by atoms with Crippen LogP contribution in [0.5, 0.6) is 0 Å². The summed E-state index contributed by atoms with van der Waals surface area (Å²) in [6.07, 6.45) is 2.68. The van der Waals surface area contributed by atoms with Crippen LogP contribution in [0.2, 0.25) is 0 Å². The fourth-order valence-corrected chi connectivity index (χ4v) is 4.74. The molecule has 2 aromatic carbocycles. The van der Waals surface area contributed by atoms with Gasteiger partial charge < -0.3 is 9.80 Å². The Hall–Kier alpha value is -2.76. The third kappa shape index (κ3) is 4.48. The van der Waals surface area contributed by atoms with Crippen LogP contribution in [0.25, 0.3) is 22.2 Å². The molecule has 5 heteroatoms. The van der Waals surface area contributed by atoms with Gasteiger partial charge in [0.05, 0.1) is 16.8 Å². The lowest BCUT2D eigenvalue weighted by atomic mass is 10.0. The molecular weight excluding hydrogens is 384 g/mol. The first-order valence-electron chi connectivity index (χ1n) is 11.5. The first-order chi connectivity index (χ1) is 15.3. The third-order valence-electron chi connectivity index (χ3n) is 6.61. The number of hydrogen-bond donors (Lipinski definition) is 0. The second kappa shape index (κ2) is 9.16. The highest BCUT2D eigenvalue weighted by Gasteiger charge is 2.24. The number of nitrogens with zero attached hydrogens (tertiary/aromatic N) is 4. The minimum Gasteiger partial charge on any atom is -0.336 e. The standard InChI is InChI=1S/C26H30N4O/c31-26(30-18-16-29(17-19-30)15-14-28-12-6-7-13-28)23-20-25(21-8-2-1-3-9-21)27-24-11-5-4-10-22(23)24/h1-5,8-11,20H,6-7,12-19H2. The van der Waals surface area contributed by atoms with Crippen LogP contribution in [-0.4, -0.2) is 77.9 Å². The van der Waals surface area contributed by atoms with Crippen molar-refractivity contribution in [2.45, 2.75) is 12.8 Å². The summed E-state index contributed by atoms with van der Waals surface area (Å²) in [6, 6.07) is 20.1. The van der Waals surface area contributed by atoms with Gasteiger partial charge in [0.15, 0.2) is 0 Å². The van der Waals surface area contributed by atoms with Crippen molar-refractivity contribution in [3.8, 4) is 11.3 Å². The predicted octanol–water partition coefficient (Wildman–Crippen LogP) is 3.76. The molecule has 5 rings (SSSR count). The fourth-order valence-electron chi connectivity index (χ4n) is 4.74. The number of amides is 1. The Morgan fingerprint density at radius 1 is 0.774 bits per heavy atom. The Morgan fingerprint density at radius 3 is 2.16 bits per heavy atom. The molecule has 2 aliphatic heterocycles. The highest BCUT2D eigenvalue weighted by molar-refractivity contribution is 6.07. The number of para-hydroxylation sites is 1. The van der Waals surface area contributed by atoms with E-state index in [1.807, 2.05) is 65.6 Å². The monoisotopic (exact) mass is 414 g/mol. The fraction of sp³-hybridized carbons (Fsp3) is 0.385. The highest BCUT2D eigenvalue weighted by atomic mass is 16.2. The molecule has 0 aliphatic carbocycles. The van der Waals surface area contributed by atoms with Crippen LogP contribution < -0.4 is 0 Å². The van der Waals surface area contributed by atoms with Crippen LogP contribution >= 0.6 is 0 Å². The topological polar surface area (TPSA) is 39.7 Å². The average molecular weight is 415 g/mol. The number of carbonyl (C=O) groups is 1. The van der Waals surface area contributed by atoms with E-state index in [0.717, 1.165) is 67.0 Å². The number of carbonyl (C=O) groups excluding carboxylic acids is 1. The van der Waals surface area contributed by atoms with E-state index in [2.05, 4.69) is 9.80 Å². The van der Waals surface area contributed by atoms with Crippen molar-refractivity contribution in [3.63, 3.8) is 0 Å². The third-order valence-corrected chi connectivity index (χ3v) is 6.61. The summed E-state index contributed by atoms with van der Waals surface area (Å²) in [7, 11) is 0. The van der Waals surface area contributed by atoms with Crippen molar-refractivity contribution < 1.29 is 4.79 Å². The Balaban J connectivity index is 1.32. The number of rotatable bonds is 5. The summed E-state index contributed by atoms with van der Waals surface area (Å²) < 4.78 is 0. The van der Waals surface area contributed by atoms with Crippen LogP contribution in [0.15, 0.2) is 60.7 Å². The minimum absolute atomic E-state index is 0.120. The quantitative estimate of drug-likeness (QED) is 0.637. The number of fused-ring (bicyclic) bond motifs is 1. The molecule has 5 nitrogen and oxygen atoms in total. The van der Waals surface area contributed by atoms with Crippen molar-refractivity contribution in [1.82, 2.24) is 19.7 Å². The molecule has 2 aliphatic rings. The smallest absolute Gasteiger partial charge is 0.254 e. The molecule has 0 spiro atoms. The van der Waals surface area contributed by atoms with Crippen LogP contribution in [0.1, 0.15) is 23.2 Å². The van der Waals surface area contributed by atoms with Gasteiger partial charge in [-0.1, -0.05) is 48.5 Å².